The molecule has 34 heavy (non-hydrogen) atoms. The minimum absolute atomic E-state index is 0.0532. The largest absolute Gasteiger partial charge is 0.484 e. The van der Waals surface area contributed by atoms with E-state index < -0.39 is 18.5 Å². The second-order valence-corrected chi connectivity index (χ2v) is 8.68. The first kappa shape index (κ1) is 25.2. The van der Waals surface area contributed by atoms with Crippen LogP contribution in [0, 0.1) is 12.7 Å². The number of nitrogens with zero attached hydrogens (tertiary/aromatic N) is 1. The van der Waals surface area contributed by atoms with Gasteiger partial charge in [0.25, 0.3) is 11.8 Å². The Morgan fingerprint density at radius 3 is 2.35 bits per heavy atom. The number of nitrogens with one attached hydrogen (secondary N) is 1. The SMILES string of the molecule is Cc1ccc(CNC(=O)COC(=O)c2ccc(OCC(=O)N3C(C)CCCC3C)cc2)cc1F. The van der Waals surface area contributed by atoms with E-state index in [0.717, 1.165) is 19.3 Å². The van der Waals surface area contributed by atoms with E-state index in [1.54, 1.807) is 31.2 Å². The molecule has 2 aromatic rings. The Kier molecular flexibility index (Phi) is 8.62. The summed E-state index contributed by atoms with van der Waals surface area (Å²) in [6.45, 7) is 5.38. The third-order valence-corrected chi connectivity index (χ3v) is 5.99. The maximum absolute atomic E-state index is 13.6. The number of hydrogen-bond acceptors (Lipinski definition) is 5. The van der Waals surface area contributed by atoms with Crippen LogP contribution in [0.3, 0.4) is 0 Å². The van der Waals surface area contributed by atoms with Crippen molar-refractivity contribution in [2.75, 3.05) is 13.2 Å². The Bertz CT molecular complexity index is 1010. The van der Waals surface area contributed by atoms with Gasteiger partial charge >= 0.3 is 5.97 Å². The predicted molar refractivity (Wildman–Crippen MR) is 125 cm³/mol. The number of carbonyl (C=O) groups is 3. The highest BCUT2D eigenvalue weighted by atomic mass is 19.1. The number of likely N-dealkylation sites (tertiary alicyclic amines) is 1. The molecule has 0 aromatic heterocycles. The molecular weight excluding hydrogens is 439 g/mol. The van der Waals surface area contributed by atoms with Crippen LogP contribution in [-0.4, -0.2) is 48.0 Å². The lowest BCUT2D eigenvalue weighted by Gasteiger charge is -2.38. The van der Waals surface area contributed by atoms with Crippen LogP contribution >= 0.6 is 0 Å². The molecule has 1 aliphatic rings. The number of amides is 2. The maximum atomic E-state index is 13.6. The summed E-state index contributed by atoms with van der Waals surface area (Å²) in [5.41, 5.74) is 1.39. The Morgan fingerprint density at radius 2 is 1.71 bits per heavy atom. The van der Waals surface area contributed by atoms with Crippen molar-refractivity contribution in [2.45, 2.75) is 58.7 Å². The first-order valence-corrected chi connectivity index (χ1v) is 11.5. The average molecular weight is 471 g/mol. The summed E-state index contributed by atoms with van der Waals surface area (Å²) < 4.78 is 24.2. The fraction of sp³-hybridized carbons (Fsp3) is 0.423. The molecule has 1 saturated heterocycles. The lowest BCUT2D eigenvalue weighted by atomic mass is 9.97. The van der Waals surface area contributed by atoms with Crippen molar-refractivity contribution in [3.63, 3.8) is 0 Å². The Labute approximate surface area is 199 Å². The van der Waals surface area contributed by atoms with Crippen LogP contribution in [0.1, 0.15) is 54.6 Å². The fourth-order valence-electron chi connectivity index (χ4n) is 4.03. The van der Waals surface area contributed by atoms with E-state index in [1.165, 1.54) is 18.2 Å². The van der Waals surface area contributed by atoms with Crippen LogP contribution in [0.25, 0.3) is 0 Å². The van der Waals surface area contributed by atoms with Gasteiger partial charge in [-0.2, -0.15) is 0 Å². The van der Waals surface area contributed by atoms with Crippen LogP contribution in [-0.2, 0) is 20.9 Å². The molecule has 2 aromatic carbocycles. The number of esters is 1. The Balaban J connectivity index is 1.42. The number of halogens is 1. The normalized spacial score (nSPS) is 17.7. The molecule has 1 heterocycles. The average Bonchev–Trinajstić information content (AvgIpc) is 2.82. The van der Waals surface area contributed by atoms with Gasteiger partial charge in [0.05, 0.1) is 5.56 Å². The first-order chi connectivity index (χ1) is 16.2. The lowest BCUT2D eigenvalue weighted by Crippen LogP contribution is -2.49. The van der Waals surface area contributed by atoms with Gasteiger partial charge in [0, 0.05) is 18.6 Å². The van der Waals surface area contributed by atoms with Gasteiger partial charge in [-0.25, -0.2) is 9.18 Å². The van der Waals surface area contributed by atoms with Crippen molar-refractivity contribution in [1.29, 1.82) is 0 Å². The lowest BCUT2D eigenvalue weighted by molar-refractivity contribution is -0.139. The summed E-state index contributed by atoms with van der Waals surface area (Å²) in [7, 11) is 0. The van der Waals surface area contributed by atoms with Crippen LogP contribution in [0.4, 0.5) is 4.39 Å². The summed E-state index contributed by atoms with van der Waals surface area (Å²) >= 11 is 0. The summed E-state index contributed by atoms with van der Waals surface area (Å²) in [5, 5.41) is 2.58. The van der Waals surface area contributed by atoms with E-state index in [9.17, 15) is 18.8 Å². The highest BCUT2D eigenvalue weighted by Crippen LogP contribution is 2.23. The molecule has 0 saturated carbocycles. The number of hydrogen-bond donors (Lipinski definition) is 1. The second-order valence-electron chi connectivity index (χ2n) is 8.68. The van der Waals surface area contributed by atoms with Crippen LogP contribution in [0.15, 0.2) is 42.5 Å². The van der Waals surface area contributed by atoms with Gasteiger partial charge in [-0.1, -0.05) is 12.1 Å². The third kappa shape index (κ3) is 6.79. The molecule has 0 bridgehead atoms. The maximum Gasteiger partial charge on any atom is 0.338 e. The van der Waals surface area contributed by atoms with E-state index in [0.29, 0.717) is 16.9 Å². The van der Waals surface area contributed by atoms with Crippen LogP contribution in [0.5, 0.6) is 5.75 Å². The second kappa shape index (κ2) is 11.6. The Morgan fingerprint density at radius 1 is 1.03 bits per heavy atom. The molecule has 8 heteroatoms. The third-order valence-electron chi connectivity index (χ3n) is 5.99. The predicted octanol–water partition coefficient (Wildman–Crippen LogP) is 3.78. The zero-order chi connectivity index (χ0) is 24.7. The molecule has 0 spiro atoms. The zero-order valence-electron chi connectivity index (χ0n) is 19.8. The number of benzene rings is 2. The monoisotopic (exact) mass is 470 g/mol. The van der Waals surface area contributed by atoms with E-state index in [2.05, 4.69) is 19.2 Å². The quantitative estimate of drug-likeness (QED) is 0.594. The summed E-state index contributed by atoms with van der Waals surface area (Å²) in [5.74, 6) is -1.08. The minimum atomic E-state index is -0.657. The molecule has 0 aliphatic carbocycles. The Hall–Kier alpha value is -3.42. The molecule has 3 rings (SSSR count). The van der Waals surface area contributed by atoms with Crippen molar-refractivity contribution in [3.8, 4) is 5.75 Å². The summed E-state index contributed by atoms with van der Waals surface area (Å²) in [4.78, 5) is 38.6. The number of piperidine rings is 1. The van der Waals surface area contributed by atoms with E-state index >= 15 is 0 Å². The van der Waals surface area contributed by atoms with Crippen molar-refractivity contribution in [2.24, 2.45) is 0 Å². The van der Waals surface area contributed by atoms with Crippen LogP contribution in [0.2, 0.25) is 0 Å². The fourth-order valence-corrected chi connectivity index (χ4v) is 4.03. The first-order valence-electron chi connectivity index (χ1n) is 11.5. The van der Waals surface area contributed by atoms with Crippen molar-refractivity contribution < 1.29 is 28.2 Å². The summed E-state index contributed by atoms with van der Waals surface area (Å²) in [6.07, 6.45) is 3.11. The molecule has 2 amide bonds. The van der Waals surface area contributed by atoms with Gasteiger partial charge in [-0.15, -0.1) is 0 Å². The zero-order valence-corrected chi connectivity index (χ0v) is 19.8. The minimum Gasteiger partial charge on any atom is -0.484 e. The number of carbonyl (C=O) groups excluding carboxylic acids is 3. The number of rotatable bonds is 8. The van der Waals surface area contributed by atoms with E-state index in [1.807, 2.05) is 4.90 Å². The molecule has 182 valence electrons. The molecule has 2 unspecified atom stereocenters. The van der Waals surface area contributed by atoms with Gasteiger partial charge in [0.1, 0.15) is 11.6 Å². The van der Waals surface area contributed by atoms with Crippen LogP contribution < -0.4 is 10.1 Å². The molecule has 1 fully saturated rings. The molecule has 0 radical (unpaired) electrons. The summed E-state index contributed by atoms with van der Waals surface area (Å²) in [6, 6.07) is 11.3. The topological polar surface area (TPSA) is 84.9 Å². The van der Waals surface area contributed by atoms with Crippen molar-refractivity contribution in [3.05, 3.63) is 65.0 Å². The van der Waals surface area contributed by atoms with Gasteiger partial charge in [-0.05, 0) is 81.5 Å². The van der Waals surface area contributed by atoms with E-state index in [-0.39, 0.29) is 42.5 Å². The van der Waals surface area contributed by atoms with Gasteiger partial charge in [0.2, 0.25) is 0 Å². The van der Waals surface area contributed by atoms with Crippen molar-refractivity contribution >= 4 is 17.8 Å². The molecule has 2 atom stereocenters. The highest BCUT2D eigenvalue weighted by molar-refractivity contribution is 5.91. The highest BCUT2D eigenvalue weighted by Gasteiger charge is 2.29. The molecular formula is C26H31FN2O5. The van der Waals surface area contributed by atoms with Gasteiger partial charge < -0.3 is 19.7 Å². The van der Waals surface area contributed by atoms with E-state index in [4.69, 9.17) is 9.47 Å². The van der Waals surface area contributed by atoms with Crippen molar-refractivity contribution in [1.82, 2.24) is 10.2 Å². The molecule has 7 nitrogen and oxygen atoms in total. The van der Waals surface area contributed by atoms with Gasteiger partial charge in [-0.3, -0.25) is 9.59 Å². The number of aryl methyl sites for hydroxylation is 1. The van der Waals surface area contributed by atoms with Gasteiger partial charge in [0.15, 0.2) is 13.2 Å². The number of ether oxygens (including phenoxy) is 2. The smallest absolute Gasteiger partial charge is 0.338 e. The standard InChI is InChI=1S/C26H31FN2O5/c1-17-7-8-20(13-23(17)27)14-28-24(30)15-34-26(32)21-9-11-22(12-10-21)33-16-25(31)29-18(2)5-4-6-19(29)3/h7-13,18-19H,4-6,14-16H2,1-3H3,(H,28,30). The molecule has 1 N–H and O–H groups in total. The molecule has 1 aliphatic heterocycles.